The summed E-state index contributed by atoms with van der Waals surface area (Å²) in [6.07, 6.45) is 4.55. The van der Waals surface area contributed by atoms with Crippen LogP contribution in [0.3, 0.4) is 0 Å². The standard InChI is InChI=1S/C27H20N2OS/c1-31-22-8-2-5-20(14-22)23-9-3-6-18-13-19-7-4-10-24(26(19)15-25(18)23)21-11-12-27(28-16-21)29-17-30/h2-17H,1H3,(H,28,29,30). The maximum Gasteiger partial charge on any atom is 0.212 e. The number of amides is 1. The normalized spacial score (nSPS) is 11.0. The van der Waals surface area contributed by atoms with Crippen molar-refractivity contribution >= 4 is 45.5 Å². The minimum Gasteiger partial charge on any atom is -0.313 e. The van der Waals surface area contributed by atoms with Crippen LogP contribution in [0.4, 0.5) is 5.82 Å². The molecule has 1 heterocycles. The zero-order valence-corrected chi connectivity index (χ0v) is 17.8. The third kappa shape index (κ3) is 3.66. The van der Waals surface area contributed by atoms with Crippen LogP contribution < -0.4 is 5.32 Å². The number of aromatic nitrogens is 1. The summed E-state index contributed by atoms with van der Waals surface area (Å²) >= 11 is 1.76. The van der Waals surface area contributed by atoms with Crippen LogP contribution in [-0.4, -0.2) is 17.6 Å². The Morgan fingerprint density at radius 3 is 2.13 bits per heavy atom. The molecule has 0 unspecified atom stereocenters. The number of carbonyl (C=O) groups excluding carboxylic acids is 1. The lowest BCUT2D eigenvalue weighted by Crippen LogP contribution is -1.96. The number of hydrogen-bond donors (Lipinski definition) is 1. The maximum absolute atomic E-state index is 10.7. The molecule has 3 nitrogen and oxygen atoms in total. The molecule has 5 aromatic rings. The summed E-state index contributed by atoms with van der Waals surface area (Å²) in [5, 5.41) is 7.41. The van der Waals surface area contributed by atoms with Crippen molar-refractivity contribution in [1.82, 2.24) is 4.98 Å². The van der Waals surface area contributed by atoms with Crippen molar-refractivity contribution in [2.24, 2.45) is 0 Å². The van der Waals surface area contributed by atoms with E-state index in [0.717, 1.165) is 11.1 Å². The molecule has 4 heteroatoms. The van der Waals surface area contributed by atoms with Gasteiger partial charge in [0.15, 0.2) is 0 Å². The lowest BCUT2D eigenvalue weighted by Gasteiger charge is -2.12. The van der Waals surface area contributed by atoms with Crippen LogP contribution in [0.2, 0.25) is 0 Å². The molecule has 0 atom stereocenters. The summed E-state index contributed by atoms with van der Waals surface area (Å²) in [5.74, 6) is 0.542. The summed E-state index contributed by atoms with van der Waals surface area (Å²) in [5.41, 5.74) is 4.59. The van der Waals surface area contributed by atoms with E-state index in [1.54, 1.807) is 18.0 Å². The highest BCUT2D eigenvalue weighted by atomic mass is 32.2. The predicted octanol–water partition coefficient (Wildman–Crippen LogP) is 7.01. The van der Waals surface area contributed by atoms with E-state index in [1.165, 1.54) is 37.6 Å². The number of benzene rings is 4. The summed E-state index contributed by atoms with van der Waals surface area (Å²) in [4.78, 5) is 16.3. The third-order valence-corrected chi connectivity index (χ3v) is 6.27. The Hall–Kier alpha value is -3.63. The second-order valence-electron chi connectivity index (χ2n) is 7.33. The van der Waals surface area contributed by atoms with Gasteiger partial charge in [-0.2, -0.15) is 0 Å². The van der Waals surface area contributed by atoms with Crippen LogP contribution in [-0.2, 0) is 4.79 Å². The highest BCUT2D eigenvalue weighted by Crippen LogP contribution is 2.36. The number of thioether (sulfide) groups is 1. The van der Waals surface area contributed by atoms with Gasteiger partial charge in [0.05, 0.1) is 0 Å². The van der Waals surface area contributed by atoms with Gasteiger partial charge in [0.1, 0.15) is 5.82 Å². The molecule has 1 N–H and O–H groups in total. The highest BCUT2D eigenvalue weighted by Gasteiger charge is 2.10. The first kappa shape index (κ1) is 19.3. The second kappa shape index (κ2) is 8.25. The fraction of sp³-hybridized carbons (Fsp3) is 0.0370. The molecule has 0 saturated heterocycles. The van der Waals surface area contributed by atoms with Crippen molar-refractivity contribution < 1.29 is 4.79 Å². The molecule has 1 amide bonds. The van der Waals surface area contributed by atoms with Gasteiger partial charge in [0, 0.05) is 16.7 Å². The molecule has 5 rings (SSSR count). The summed E-state index contributed by atoms with van der Waals surface area (Å²) in [7, 11) is 0. The number of carbonyl (C=O) groups is 1. The number of fused-ring (bicyclic) bond motifs is 2. The lowest BCUT2D eigenvalue weighted by molar-refractivity contribution is -0.105. The zero-order chi connectivity index (χ0) is 21.2. The Bertz CT molecular complexity index is 1410. The van der Waals surface area contributed by atoms with E-state index in [4.69, 9.17) is 0 Å². The van der Waals surface area contributed by atoms with E-state index >= 15 is 0 Å². The Balaban J connectivity index is 1.72. The molecule has 0 fully saturated rings. The van der Waals surface area contributed by atoms with Gasteiger partial charge in [0.2, 0.25) is 6.41 Å². The van der Waals surface area contributed by atoms with Crippen molar-refractivity contribution in [2.75, 3.05) is 11.6 Å². The molecule has 0 aliphatic rings. The fourth-order valence-electron chi connectivity index (χ4n) is 4.04. The van der Waals surface area contributed by atoms with E-state index < -0.39 is 0 Å². The van der Waals surface area contributed by atoms with Crippen LogP contribution in [0.5, 0.6) is 0 Å². The van der Waals surface area contributed by atoms with E-state index in [2.05, 4.69) is 89.4 Å². The van der Waals surface area contributed by atoms with Gasteiger partial charge in [-0.25, -0.2) is 4.98 Å². The van der Waals surface area contributed by atoms with Crippen molar-refractivity contribution in [3.8, 4) is 22.3 Å². The molecular weight excluding hydrogens is 400 g/mol. The minimum absolute atomic E-state index is 0.542. The van der Waals surface area contributed by atoms with E-state index in [0.29, 0.717) is 12.2 Å². The highest BCUT2D eigenvalue weighted by molar-refractivity contribution is 7.98. The Kier molecular flexibility index (Phi) is 5.14. The molecule has 1 aromatic heterocycles. The molecular formula is C27H20N2OS. The van der Waals surface area contributed by atoms with Crippen LogP contribution in [0.25, 0.3) is 43.8 Å². The molecule has 0 saturated carbocycles. The van der Waals surface area contributed by atoms with Crippen molar-refractivity contribution in [2.45, 2.75) is 4.90 Å². The SMILES string of the molecule is CSc1cccc(-c2cccc3cc4cccc(-c5ccc(NC=O)nc5)c4cc23)c1. The van der Waals surface area contributed by atoms with Crippen molar-refractivity contribution in [3.63, 3.8) is 0 Å². The van der Waals surface area contributed by atoms with Crippen LogP contribution in [0, 0.1) is 0 Å². The molecule has 0 aliphatic carbocycles. The van der Waals surface area contributed by atoms with Gasteiger partial charge in [0.25, 0.3) is 0 Å². The third-order valence-electron chi connectivity index (χ3n) is 5.54. The Morgan fingerprint density at radius 2 is 1.48 bits per heavy atom. The van der Waals surface area contributed by atoms with Crippen LogP contribution in [0.15, 0.2) is 96.0 Å². The number of hydrogen-bond acceptors (Lipinski definition) is 3. The smallest absolute Gasteiger partial charge is 0.212 e. The van der Waals surface area contributed by atoms with Gasteiger partial charge in [-0.05, 0) is 80.9 Å². The van der Waals surface area contributed by atoms with Crippen molar-refractivity contribution in [1.29, 1.82) is 0 Å². The van der Waals surface area contributed by atoms with Gasteiger partial charge in [-0.3, -0.25) is 4.79 Å². The molecule has 4 aromatic carbocycles. The first-order valence-corrected chi connectivity index (χ1v) is 11.3. The first-order chi connectivity index (χ1) is 15.3. The van der Waals surface area contributed by atoms with Crippen molar-refractivity contribution in [3.05, 3.63) is 91.1 Å². The molecule has 0 aliphatic heterocycles. The van der Waals surface area contributed by atoms with Gasteiger partial charge >= 0.3 is 0 Å². The molecule has 31 heavy (non-hydrogen) atoms. The summed E-state index contributed by atoms with van der Waals surface area (Å²) < 4.78 is 0. The Morgan fingerprint density at radius 1 is 0.774 bits per heavy atom. The molecule has 0 spiro atoms. The number of rotatable bonds is 5. The Labute approximate surface area is 185 Å². The largest absolute Gasteiger partial charge is 0.313 e. The number of nitrogens with zero attached hydrogens (tertiary/aromatic N) is 1. The number of pyridine rings is 1. The number of nitrogens with one attached hydrogen (secondary N) is 1. The monoisotopic (exact) mass is 420 g/mol. The fourth-order valence-corrected chi connectivity index (χ4v) is 4.50. The molecule has 0 radical (unpaired) electrons. The zero-order valence-electron chi connectivity index (χ0n) is 17.0. The van der Waals surface area contributed by atoms with E-state index in [1.807, 2.05) is 12.1 Å². The van der Waals surface area contributed by atoms with Gasteiger partial charge in [-0.15, -0.1) is 11.8 Å². The summed E-state index contributed by atoms with van der Waals surface area (Å²) in [6.45, 7) is 0. The van der Waals surface area contributed by atoms with Gasteiger partial charge < -0.3 is 5.32 Å². The lowest BCUT2D eigenvalue weighted by atomic mass is 9.92. The maximum atomic E-state index is 10.7. The number of anilines is 1. The average molecular weight is 421 g/mol. The average Bonchev–Trinajstić information content (AvgIpc) is 2.83. The van der Waals surface area contributed by atoms with Crippen LogP contribution in [0.1, 0.15) is 0 Å². The van der Waals surface area contributed by atoms with Crippen LogP contribution >= 0.6 is 11.8 Å². The topological polar surface area (TPSA) is 42.0 Å². The van der Waals surface area contributed by atoms with E-state index in [9.17, 15) is 4.79 Å². The quantitative estimate of drug-likeness (QED) is 0.189. The predicted molar refractivity (Wildman–Crippen MR) is 132 cm³/mol. The molecule has 150 valence electrons. The summed E-state index contributed by atoms with van der Waals surface area (Å²) in [6, 6.07) is 29.9. The second-order valence-corrected chi connectivity index (χ2v) is 8.21. The minimum atomic E-state index is 0.542. The first-order valence-electron chi connectivity index (χ1n) is 10.0. The molecule has 0 bridgehead atoms. The van der Waals surface area contributed by atoms with Gasteiger partial charge in [-0.1, -0.05) is 48.5 Å². The van der Waals surface area contributed by atoms with E-state index in [-0.39, 0.29) is 0 Å².